The molecule has 24 heavy (non-hydrogen) atoms. The molecule has 0 bridgehead atoms. The van der Waals surface area contributed by atoms with E-state index in [2.05, 4.69) is 0 Å². The maximum atomic E-state index is 5.82. The summed E-state index contributed by atoms with van der Waals surface area (Å²) in [7, 11) is -3.45. The van der Waals surface area contributed by atoms with Gasteiger partial charge in [0, 0.05) is 5.54 Å². The van der Waals surface area contributed by atoms with Gasteiger partial charge in [-0.2, -0.15) is 0 Å². The Morgan fingerprint density at radius 2 is 0.917 bits per heavy atom. The highest BCUT2D eigenvalue weighted by molar-refractivity contribution is 6.70. The van der Waals surface area contributed by atoms with Gasteiger partial charge in [0.25, 0.3) is 0 Å². The molecule has 0 aromatic carbocycles. The van der Waals surface area contributed by atoms with Crippen molar-refractivity contribution in [1.82, 2.24) is 0 Å². The first-order valence-electron chi connectivity index (χ1n) is 6.85. The number of hydrogen-bond donors (Lipinski definition) is 0. The Morgan fingerprint density at radius 1 is 0.625 bits per heavy atom. The van der Waals surface area contributed by atoms with Crippen molar-refractivity contribution in [3.63, 3.8) is 0 Å². The van der Waals surface area contributed by atoms with Crippen molar-refractivity contribution >= 4 is 113 Å². The predicted octanol–water partition coefficient (Wildman–Crippen LogP) is 7.03. The molecule has 0 aromatic rings. The zero-order valence-electron chi connectivity index (χ0n) is 12.2. The van der Waals surface area contributed by atoms with Crippen molar-refractivity contribution in [3.8, 4) is 0 Å². The topological polar surface area (TPSA) is 27.7 Å². The molecule has 13 heteroatoms. The highest BCUT2D eigenvalue weighted by Crippen LogP contribution is 2.44. The molecule has 1 fully saturated rings. The minimum absolute atomic E-state index is 0.0652. The third-order valence-corrected chi connectivity index (χ3v) is 7.37. The van der Waals surface area contributed by atoms with Gasteiger partial charge in [-0.05, 0) is 12.8 Å². The molecule has 0 unspecified atom stereocenters. The monoisotopic (exact) mass is 538 g/mol. The minimum Gasteiger partial charge on any atom is -0.369 e. The van der Waals surface area contributed by atoms with E-state index in [1.54, 1.807) is 0 Å². The predicted molar refractivity (Wildman–Crippen MR) is 107 cm³/mol. The third kappa shape index (κ3) is 10.3. The molecule has 1 rings (SSSR count). The quantitative estimate of drug-likeness (QED) is 0.256. The molecule has 1 aliphatic rings. The van der Waals surface area contributed by atoms with E-state index >= 15 is 0 Å². The fraction of sp³-hybridized carbons (Fsp3) is 1.00. The summed E-state index contributed by atoms with van der Waals surface area (Å²) in [4.78, 5) is 0. The van der Waals surface area contributed by atoms with Crippen molar-refractivity contribution in [2.75, 3.05) is 19.8 Å². The van der Waals surface area contributed by atoms with E-state index in [9.17, 15) is 0 Å². The van der Waals surface area contributed by atoms with Crippen molar-refractivity contribution in [3.05, 3.63) is 0 Å². The molecule has 0 spiro atoms. The van der Waals surface area contributed by atoms with Crippen LogP contribution in [0.3, 0.4) is 0 Å². The molecule has 0 aromatic heterocycles. The molecule has 0 heterocycles. The largest absolute Gasteiger partial charge is 0.504 e. The van der Waals surface area contributed by atoms with Crippen LogP contribution in [0.4, 0.5) is 0 Å². The van der Waals surface area contributed by atoms with Crippen molar-refractivity contribution in [1.29, 1.82) is 0 Å². The lowest BCUT2D eigenvalue weighted by Crippen LogP contribution is -2.53. The fourth-order valence-electron chi connectivity index (χ4n) is 2.31. The van der Waals surface area contributed by atoms with Gasteiger partial charge in [-0.15, -0.1) is 0 Å². The average Bonchev–Trinajstić information content (AvgIpc) is 2.89. The van der Waals surface area contributed by atoms with Crippen LogP contribution >= 0.6 is 104 Å². The maximum Gasteiger partial charge on any atom is 0.504 e. The molecule has 3 nitrogen and oxygen atoms in total. The van der Waals surface area contributed by atoms with E-state index < -0.39 is 20.2 Å². The molecular formula is C11H15Cl9O3Si. The highest BCUT2D eigenvalue weighted by atomic mass is 35.6. The summed E-state index contributed by atoms with van der Waals surface area (Å²) in [6.07, 6.45) is 3.55. The van der Waals surface area contributed by atoms with E-state index in [1.807, 2.05) is 0 Å². The molecule has 1 aliphatic carbocycles. The van der Waals surface area contributed by atoms with E-state index in [0.717, 1.165) is 25.7 Å². The normalized spacial score (nSPS) is 18.4. The molecule has 0 aliphatic heterocycles. The Kier molecular flexibility index (Phi) is 10.3. The Labute approximate surface area is 187 Å². The number of alkyl halides is 9. The number of rotatable bonds is 7. The molecule has 0 atom stereocenters. The third-order valence-electron chi connectivity index (χ3n) is 3.17. The Balaban J connectivity index is 2.99. The van der Waals surface area contributed by atoms with E-state index in [4.69, 9.17) is 118 Å². The van der Waals surface area contributed by atoms with Gasteiger partial charge in [0.2, 0.25) is 11.4 Å². The smallest absolute Gasteiger partial charge is 0.369 e. The van der Waals surface area contributed by atoms with Gasteiger partial charge in [-0.3, -0.25) is 0 Å². The zero-order chi connectivity index (χ0) is 18.6. The summed E-state index contributed by atoms with van der Waals surface area (Å²) in [6, 6.07) is 0. The zero-order valence-corrected chi connectivity index (χ0v) is 20.0. The second kappa shape index (κ2) is 9.95. The summed E-state index contributed by atoms with van der Waals surface area (Å²) >= 11 is 52.1. The molecular weight excluding hydrogens is 527 g/mol. The van der Waals surface area contributed by atoms with Crippen LogP contribution in [0.1, 0.15) is 25.7 Å². The first-order chi connectivity index (χ1) is 10.7. The van der Waals surface area contributed by atoms with Crippen molar-refractivity contribution in [2.24, 2.45) is 0 Å². The first kappa shape index (κ1) is 24.7. The Hall–Kier alpha value is 2.71. The minimum atomic E-state index is -3.45. The van der Waals surface area contributed by atoms with Gasteiger partial charge in [0.1, 0.15) is 0 Å². The molecule has 0 N–H and O–H groups in total. The van der Waals surface area contributed by atoms with Crippen LogP contribution in [-0.4, -0.2) is 40.0 Å². The summed E-state index contributed by atoms with van der Waals surface area (Å²) in [5, 5.41) is 0. The van der Waals surface area contributed by atoms with Gasteiger partial charge < -0.3 is 13.3 Å². The van der Waals surface area contributed by atoms with Crippen LogP contribution < -0.4 is 0 Å². The Bertz CT molecular complexity index is 342. The van der Waals surface area contributed by atoms with Crippen molar-refractivity contribution < 1.29 is 13.3 Å². The summed E-state index contributed by atoms with van der Waals surface area (Å²) in [5.41, 5.74) is -0.0652. The van der Waals surface area contributed by atoms with Crippen LogP contribution in [0.25, 0.3) is 0 Å². The van der Waals surface area contributed by atoms with Crippen LogP contribution in [0.2, 0.25) is 5.54 Å². The van der Waals surface area contributed by atoms with Gasteiger partial charge in [-0.25, -0.2) is 0 Å². The van der Waals surface area contributed by atoms with Crippen LogP contribution in [0.15, 0.2) is 0 Å². The summed E-state index contributed by atoms with van der Waals surface area (Å²) in [6.45, 7) is -0.791. The fourth-order valence-corrected chi connectivity index (χ4v) is 6.95. The van der Waals surface area contributed by atoms with Crippen LogP contribution in [0, 0.1) is 0 Å². The van der Waals surface area contributed by atoms with Crippen LogP contribution in [-0.2, 0) is 13.3 Å². The summed E-state index contributed by atoms with van der Waals surface area (Å²) < 4.78 is 12.5. The lowest BCUT2D eigenvalue weighted by atomic mass is 10.4. The molecule has 144 valence electrons. The highest BCUT2D eigenvalue weighted by Gasteiger charge is 2.53. The van der Waals surface area contributed by atoms with Gasteiger partial charge in [0.05, 0.1) is 19.8 Å². The second-order valence-corrected chi connectivity index (χ2v) is 15.7. The van der Waals surface area contributed by atoms with Gasteiger partial charge >= 0.3 is 8.80 Å². The molecule has 0 radical (unpaired) electrons. The van der Waals surface area contributed by atoms with E-state index in [1.165, 1.54) is 0 Å². The lowest BCUT2D eigenvalue weighted by molar-refractivity contribution is 0.0534. The van der Waals surface area contributed by atoms with E-state index in [0.29, 0.717) is 0 Å². The summed E-state index contributed by atoms with van der Waals surface area (Å²) in [5.74, 6) is 0. The lowest BCUT2D eigenvalue weighted by Gasteiger charge is -2.36. The van der Waals surface area contributed by atoms with Crippen LogP contribution in [0.5, 0.6) is 0 Å². The van der Waals surface area contributed by atoms with Gasteiger partial charge in [0.15, 0.2) is 0 Å². The SMILES string of the molecule is ClC(Cl)(Cl)CO[Si](OCC(Cl)(Cl)Cl)(OCC(Cl)(Cl)Cl)C1CCCC1. The average molecular weight is 542 g/mol. The second-order valence-electron chi connectivity index (χ2n) is 5.30. The first-order valence-corrected chi connectivity index (χ1v) is 12.0. The maximum absolute atomic E-state index is 5.82. The van der Waals surface area contributed by atoms with Crippen molar-refractivity contribution in [2.45, 2.75) is 42.6 Å². The van der Waals surface area contributed by atoms with Gasteiger partial charge in [-0.1, -0.05) is 117 Å². The molecule has 1 saturated carbocycles. The standard InChI is InChI=1S/C11H15Cl9O3Si/c12-9(13,14)5-21-24(8-3-1-2-4-8,22-6-10(15,16)17)23-7-11(18,19)20/h8H,1-7H2. The Morgan fingerprint density at radius 3 is 1.17 bits per heavy atom. The molecule has 0 saturated heterocycles. The number of halogens is 9. The van der Waals surface area contributed by atoms with E-state index in [-0.39, 0.29) is 25.4 Å². The number of hydrogen-bond acceptors (Lipinski definition) is 3. The molecule has 0 amide bonds.